The molecule has 1 rings (SSSR count). The van der Waals surface area contributed by atoms with Gasteiger partial charge in [-0.15, -0.1) is 0 Å². The molecule has 0 saturated heterocycles. The second kappa shape index (κ2) is 7.16. The molecule has 0 heterocycles. The summed E-state index contributed by atoms with van der Waals surface area (Å²) in [5.41, 5.74) is 1.59. The summed E-state index contributed by atoms with van der Waals surface area (Å²) in [6.45, 7) is 13.2. The van der Waals surface area contributed by atoms with Crippen molar-refractivity contribution < 1.29 is 14.3 Å². The minimum absolute atomic E-state index is 0.133. The number of amides is 1. The van der Waals surface area contributed by atoms with Crippen LogP contribution in [0, 0.1) is 5.41 Å². The Labute approximate surface area is 139 Å². The first-order valence-corrected chi connectivity index (χ1v) is 8.07. The van der Waals surface area contributed by atoms with E-state index in [2.05, 4.69) is 5.32 Å². The molecule has 4 heteroatoms. The number of benzene rings is 1. The lowest BCUT2D eigenvalue weighted by molar-refractivity contribution is -0.125. The van der Waals surface area contributed by atoms with E-state index in [9.17, 15) is 9.59 Å². The van der Waals surface area contributed by atoms with Crippen LogP contribution in [0.15, 0.2) is 18.2 Å². The second-order valence-corrected chi connectivity index (χ2v) is 7.82. The number of ether oxygens (including phenoxy) is 1. The standard InChI is InChI=1S/C19H29NO3/c1-8-13-9-10-14(12-16(21)18(2,3)4)15(11-13)20-17(22)23-19(5,6)7/h9-11H,8,12H2,1-7H3,(H,20,22). The summed E-state index contributed by atoms with van der Waals surface area (Å²) in [4.78, 5) is 24.4. The zero-order valence-corrected chi connectivity index (χ0v) is 15.4. The maximum absolute atomic E-state index is 12.3. The predicted octanol–water partition coefficient (Wildman–Crippen LogP) is 4.75. The molecule has 0 aliphatic rings. The van der Waals surface area contributed by atoms with Crippen molar-refractivity contribution in [2.24, 2.45) is 5.41 Å². The number of carbonyl (C=O) groups is 2. The van der Waals surface area contributed by atoms with Crippen molar-refractivity contribution in [1.82, 2.24) is 0 Å². The van der Waals surface area contributed by atoms with Crippen LogP contribution in [0.4, 0.5) is 10.5 Å². The van der Waals surface area contributed by atoms with Gasteiger partial charge in [0.1, 0.15) is 11.4 Å². The molecule has 0 bridgehead atoms. The van der Waals surface area contributed by atoms with E-state index in [1.807, 2.05) is 66.7 Å². The molecule has 1 amide bonds. The number of aryl methyl sites for hydroxylation is 1. The zero-order valence-electron chi connectivity index (χ0n) is 15.4. The van der Waals surface area contributed by atoms with Gasteiger partial charge in [0.05, 0.1) is 0 Å². The molecule has 23 heavy (non-hydrogen) atoms. The Morgan fingerprint density at radius 1 is 1.09 bits per heavy atom. The fourth-order valence-corrected chi connectivity index (χ4v) is 1.97. The number of ketones is 1. The smallest absolute Gasteiger partial charge is 0.412 e. The molecule has 0 saturated carbocycles. The average molecular weight is 319 g/mol. The van der Waals surface area contributed by atoms with Crippen molar-refractivity contribution in [2.75, 3.05) is 5.32 Å². The molecular weight excluding hydrogens is 290 g/mol. The number of hydrogen-bond donors (Lipinski definition) is 1. The Bertz CT molecular complexity index is 577. The molecule has 0 unspecified atom stereocenters. The lowest BCUT2D eigenvalue weighted by Crippen LogP contribution is -2.28. The third-order valence-electron chi connectivity index (χ3n) is 3.41. The van der Waals surface area contributed by atoms with Gasteiger partial charge in [-0.25, -0.2) is 4.79 Å². The number of anilines is 1. The van der Waals surface area contributed by atoms with E-state index in [1.54, 1.807) is 0 Å². The Morgan fingerprint density at radius 2 is 1.70 bits per heavy atom. The van der Waals surface area contributed by atoms with Crippen molar-refractivity contribution in [3.05, 3.63) is 29.3 Å². The van der Waals surface area contributed by atoms with Crippen LogP contribution in [-0.2, 0) is 22.4 Å². The van der Waals surface area contributed by atoms with Gasteiger partial charge in [-0.1, -0.05) is 39.8 Å². The fourth-order valence-electron chi connectivity index (χ4n) is 1.97. The van der Waals surface area contributed by atoms with Gasteiger partial charge in [-0.3, -0.25) is 10.1 Å². The molecule has 0 radical (unpaired) electrons. The van der Waals surface area contributed by atoms with E-state index in [4.69, 9.17) is 4.74 Å². The van der Waals surface area contributed by atoms with Crippen LogP contribution in [-0.4, -0.2) is 17.5 Å². The normalized spacial score (nSPS) is 12.0. The van der Waals surface area contributed by atoms with Gasteiger partial charge in [0.25, 0.3) is 0 Å². The summed E-state index contributed by atoms with van der Waals surface area (Å²) in [6.07, 6.45) is 0.644. The molecule has 0 atom stereocenters. The Kier molecular flexibility index (Phi) is 5.98. The first-order valence-electron chi connectivity index (χ1n) is 8.07. The van der Waals surface area contributed by atoms with Crippen molar-refractivity contribution in [2.45, 2.75) is 66.9 Å². The topological polar surface area (TPSA) is 55.4 Å². The number of nitrogens with one attached hydrogen (secondary N) is 1. The largest absolute Gasteiger partial charge is 0.444 e. The van der Waals surface area contributed by atoms with Gasteiger partial charge in [-0.05, 0) is 44.4 Å². The van der Waals surface area contributed by atoms with Crippen LogP contribution in [0.25, 0.3) is 0 Å². The summed E-state index contributed by atoms with van der Waals surface area (Å²) in [6, 6.07) is 5.82. The number of hydrogen-bond acceptors (Lipinski definition) is 3. The van der Waals surface area contributed by atoms with Crippen molar-refractivity contribution >= 4 is 17.6 Å². The van der Waals surface area contributed by atoms with E-state index in [-0.39, 0.29) is 5.78 Å². The first-order chi connectivity index (χ1) is 10.4. The molecule has 1 aromatic rings. The van der Waals surface area contributed by atoms with Gasteiger partial charge in [0.15, 0.2) is 0 Å². The molecule has 1 N–H and O–H groups in total. The Balaban J connectivity index is 3.03. The number of rotatable bonds is 4. The van der Waals surface area contributed by atoms with Gasteiger partial charge in [-0.2, -0.15) is 0 Å². The third kappa shape index (κ3) is 6.43. The monoisotopic (exact) mass is 319 g/mol. The molecule has 0 aliphatic heterocycles. The highest BCUT2D eigenvalue weighted by molar-refractivity contribution is 5.90. The minimum atomic E-state index is -0.562. The van der Waals surface area contributed by atoms with E-state index in [1.165, 1.54) is 0 Å². The molecule has 0 fully saturated rings. The fraction of sp³-hybridized carbons (Fsp3) is 0.579. The molecule has 0 aliphatic carbocycles. The van der Waals surface area contributed by atoms with Crippen LogP contribution in [0.5, 0.6) is 0 Å². The first kappa shape index (κ1) is 19.2. The molecule has 0 spiro atoms. The lowest BCUT2D eigenvalue weighted by atomic mass is 9.86. The van der Waals surface area contributed by atoms with E-state index >= 15 is 0 Å². The van der Waals surface area contributed by atoms with Crippen LogP contribution >= 0.6 is 0 Å². The molecule has 128 valence electrons. The van der Waals surface area contributed by atoms with Crippen molar-refractivity contribution in [3.8, 4) is 0 Å². The van der Waals surface area contributed by atoms with Gasteiger partial charge in [0, 0.05) is 17.5 Å². The SMILES string of the molecule is CCc1ccc(CC(=O)C(C)(C)C)c(NC(=O)OC(C)(C)C)c1. The third-order valence-corrected chi connectivity index (χ3v) is 3.41. The summed E-state index contributed by atoms with van der Waals surface area (Å²) in [5, 5.41) is 2.79. The lowest BCUT2D eigenvalue weighted by Gasteiger charge is -2.21. The average Bonchev–Trinajstić information content (AvgIpc) is 2.37. The summed E-state index contributed by atoms with van der Waals surface area (Å²) in [7, 11) is 0. The maximum Gasteiger partial charge on any atom is 0.412 e. The van der Waals surface area contributed by atoms with Gasteiger partial charge >= 0.3 is 6.09 Å². The van der Waals surface area contributed by atoms with Crippen LogP contribution in [0.3, 0.4) is 0 Å². The summed E-state index contributed by atoms with van der Waals surface area (Å²) in [5.74, 6) is 0.133. The highest BCUT2D eigenvalue weighted by Gasteiger charge is 2.23. The van der Waals surface area contributed by atoms with E-state index in [0.717, 1.165) is 17.5 Å². The highest BCUT2D eigenvalue weighted by Crippen LogP contribution is 2.24. The quantitative estimate of drug-likeness (QED) is 0.871. The molecule has 0 aromatic heterocycles. The second-order valence-electron chi connectivity index (χ2n) is 7.82. The van der Waals surface area contributed by atoms with E-state index in [0.29, 0.717) is 12.1 Å². The minimum Gasteiger partial charge on any atom is -0.444 e. The van der Waals surface area contributed by atoms with Crippen molar-refractivity contribution in [1.29, 1.82) is 0 Å². The molecule has 1 aromatic carbocycles. The Hall–Kier alpha value is -1.84. The van der Waals surface area contributed by atoms with E-state index < -0.39 is 17.1 Å². The maximum atomic E-state index is 12.3. The van der Waals surface area contributed by atoms with Crippen molar-refractivity contribution in [3.63, 3.8) is 0 Å². The zero-order chi connectivity index (χ0) is 17.8. The summed E-state index contributed by atoms with van der Waals surface area (Å²) < 4.78 is 5.31. The number of Topliss-reactive ketones (excluding diaryl/α,β-unsaturated/α-hetero) is 1. The van der Waals surface area contributed by atoms with Gasteiger partial charge in [0.2, 0.25) is 0 Å². The summed E-state index contributed by atoms with van der Waals surface area (Å²) >= 11 is 0. The van der Waals surface area contributed by atoms with Gasteiger partial charge < -0.3 is 4.74 Å². The van der Waals surface area contributed by atoms with Crippen LogP contribution in [0.1, 0.15) is 59.6 Å². The van der Waals surface area contributed by atoms with Crippen LogP contribution in [0.2, 0.25) is 0 Å². The number of carbonyl (C=O) groups excluding carboxylic acids is 2. The molecular formula is C19H29NO3. The Morgan fingerprint density at radius 3 is 2.17 bits per heavy atom. The highest BCUT2D eigenvalue weighted by atomic mass is 16.6. The predicted molar refractivity (Wildman–Crippen MR) is 93.8 cm³/mol. The van der Waals surface area contributed by atoms with Crippen LogP contribution < -0.4 is 5.32 Å². The molecule has 4 nitrogen and oxygen atoms in total.